The van der Waals surface area contributed by atoms with Crippen LogP contribution >= 0.6 is 0 Å². The Bertz CT molecular complexity index is 939. The van der Waals surface area contributed by atoms with Gasteiger partial charge in [0.25, 0.3) is 0 Å². The van der Waals surface area contributed by atoms with E-state index in [2.05, 4.69) is 15.5 Å². The summed E-state index contributed by atoms with van der Waals surface area (Å²) in [4.78, 5) is 16.7. The van der Waals surface area contributed by atoms with Crippen molar-refractivity contribution in [2.45, 2.75) is 32.0 Å². The van der Waals surface area contributed by atoms with Gasteiger partial charge in [-0.1, -0.05) is 53.7 Å². The van der Waals surface area contributed by atoms with Crippen molar-refractivity contribution in [3.63, 3.8) is 0 Å². The highest BCUT2D eigenvalue weighted by Gasteiger charge is 2.33. The third kappa shape index (κ3) is 4.97. The van der Waals surface area contributed by atoms with Crippen LogP contribution in [0.5, 0.6) is 0 Å². The van der Waals surface area contributed by atoms with E-state index in [4.69, 9.17) is 4.52 Å². The minimum absolute atomic E-state index is 0.0760. The Morgan fingerprint density at radius 2 is 1.79 bits per heavy atom. The maximum absolute atomic E-state index is 13.2. The molecule has 0 aliphatic rings. The summed E-state index contributed by atoms with van der Waals surface area (Å²) >= 11 is 0. The fourth-order valence-corrected chi connectivity index (χ4v) is 2.90. The number of aryl methyl sites for hydroxylation is 1. The summed E-state index contributed by atoms with van der Waals surface area (Å²) in [6, 6.07) is 13.6. The molecule has 146 valence electrons. The van der Waals surface area contributed by atoms with Crippen molar-refractivity contribution in [1.29, 1.82) is 0 Å². The molecule has 0 aliphatic carbocycles. The smallest absolute Gasteiger partial charge is 0.348 e. The standard InChI is InChI=1S/C20H18F3N3O2/c1-13-24-19(28-26-13)12-17(14-7-3-2-4-8-14)25-18(27)11-15-9-5-6-10-16(15)20(21,22)23/h2-10,17H,11-12H2,1H3,(H,25,27). The number of benzene rings is 2. The molecule has 2 aromatic carbocycles. The Hall–Kier alpha value is -3.16. The largest absolute Gasteiger partial charge is 0.416 e. The van der Waals surface area contributed by atoms with Gasteiger partial charge in [-0.15, -0.1) is 0 Å². The van der Waals surface area contributed by atoms with Gasteiger partial charge in [0.15, 0.2) is 5.82 Å². The molecule has 0 spiro atoms. The molecule has 1 amide bonds. The van der Waals surface area contributed by atoms with Gasteiger partial charge in [-0.2, -0.15) is 18.2 Å². The van der Waals surface area contributed by atoms with E-state index in [9.17, 15) is 18.0 Å². The Morgan fingerprint density at radius 1 is 1.11 bits per heavy atom. The van der Waals surface area contributed by atoms with E-state index in [-0.39, 0.29) is 18.4 Å². The van der Waals surface area contributed by atoms with Crippen LogP contribution in [0.1, 0.15) is 34.4 Å². The molecule has 5 nitrogen and oxygen atoms in total. The average Bonchev–Trinajstić information content (AvgIpc) is 3.06. The second-order valence-electron chi connectivity index (χ2n) is 6.30. The molecule has 8 heteroatoms. The number of halogens is 3. The summed E-state index contributed by atoms with van der Waals surface area (Å²) in [7, 11) is 0. The maximum Gasteiger partial charge on any atom is 0.416 e. The predicted octanol–water partition coefficient (Wildman–Crippen LogP) is 4.04. The first-order chi connectivity index (χ1) is 13.3. The van der Waals surface area contributed by atoms with Gasteiger partial charge in [0.2, 0.25) is 11.8 Å². The maximum atomic E-state index is 13.2. The van der Waals surface area contributed by atoms with Crippen molar-refractivity contribution in [3.05, 3.63) is 83.0 Å². The van der Waals surface area contributed by atoms with E-state index in [0.717, 1.165) is 11.6 Å². The molecule has 0 saturated heterocycles. The molecule has 1 aromatic heterocycles. The molecular weight excluding hydrogens is 371 g/mol. The normalized spacial score (nSPS) is 12.6. The van der Waals surface area contributed by atoms with Crippen molar-refractivity contribution in [2.75, 3.05) is 0 Å². The van der Waals surface area contributed by atoms with Crippen LogP contribution in [-0.4, -0.2) is 16.0 Å². The zero-order valence-electron chi connectivity index (χ0n) is 15.0. The van der Waals surface area contributed by atoms with Crippen LogP contribution in [0.4, 0.5) is 13.2 Å². The highest BCUT2D eigenvalue weighted by Crippen LogP contribution is 2.32. The fourth-order valence-electron chi connectivity index (χ4n) is 2.90. The van der Waals surface area contributed by atoms with Gasteiger partial charge in [0.1, 0.15) is 0 Å². The third-order valence-electron chi connectivity index (χ3n) is 4.16. The molecule has 0 bridgehead atoms. The monoisotopic (exact) mass is 389 g/mol. The Labute approximate surface area is 159 Å². The molecule has 1 unspecified atom stereocenters. The number of carbonyl (C=O) groups excluding carboxylic acids is 1. The molecule has 1 atom stereocenters. The molecule has 0 radical (unpaired) electrons. The van der Waals surface area contributed by atoms with Gasteiger partial charge in [-0.3, -0.25) is 4.79 Å². The van der Waals surface area contributed by atoms with Gasteiger partial charge >= 0.3 is 6.18 Å². The van der Waals surface area contributed by atoms with Gasteiger partial charge in [-0.05, 0) is 24.1 Å². The van der Waals surface area contributed by atoms with E-state index in [1.165, 1.54) is 18.2 Å². The second kappa shape index (κ2) is 8.24. The van der Waals surface area contributed by atoms with Crippen LogP contribution in [0.25, 0.3) is 0 Å². The Morgan fingerprint density at radius 3 is 2.43 bits per heavy atom. The molecule has 3 rings (SSSR count). The number of alkyl halides is 3. The van der Waals surface area contributed by atoms with Crippen molar-refractivity contribution in [3.8, 4) is 0 Å². The zero-order chi connectivity index (χ0) is 20.1. The summed E-state index contributed by atoms with van der Waals surface area (Å²) in [6.45, 7) is 1.68. The van der Waals surface area contributed by atoms with E-state index in [1.807, 2.05) is 30.3 Å². The molecule has 0 saturated carbocycles. The molecule has 1 N–H and O–H groups in total. The first-order valence-electron chi connectivity index (χ1n) is 8.61. The zero-order valence-corrected chi connectivity index (χ0v) is 15.0. The number of rotatable bonds is 6. The highest BCUT2D eigenvalue weighted by molar-refractivity contribution is 5.79. The summed E-state index contributed by atoms with van der Waals surface area (Å²) < 4.78 is 44.6. The Kier molecular flexibility index (Phi) is 5.77. The number of amides is 1. The second-order valence-corrected chi connectivity index (χ2v) is 6.30. The fraction of sp³-hybridized carbons (Fsp3) is 0.250. The molecule has 28 heavy (non-hydrogen) atoms. The van der Waals surface area contributed by atoms with Crippen LogP contribution in [0.2, 0.25) is 0 Å². The number of nitrogens with zero attached hydrogens (tertiary/aromatic N) is 2. The SMILES string of the molecule is Cc1noc(CC(NC(=O)Cc2ccccc2C(F)(F)F)c2ccccc2)n1. The summed E-state index contributed by atoms with van der Waals surface area (Å²) in [5, 5.41) is 6.51. The molecular formula is C20H18F3N3O2. The van der Waals surface area contributed by atoms with E-state index >= 15 is 0 Å². The first-order valence-corrected chi connectivity index (χ1v) is 8.61. The van der Waals surface area contributed by atoms with E-state index in [0.29, 0.717) is 11.7 Å². The lowest BCUT2D eigenvalue weighted by Crippen LogP contribution is -2.31. The molecule has 0 aliphatic heterocycles. The van der Waals surface area contributed by atoms with Crippen LogP contribution in [-0.2, 0) is 23.8 Å². The van der Waals surface area contributed by atoms with Gasteiger partial charge in [0.05, 0.1) is 24.4 Å². The number of hydrogen-bond acceptors (Lipinski definition) is 4. The lowest BCUT2D eigenvalue weighted by atomic mass is 10.0. The minimum Gasteiger partial charge on any atom is -0.348 e. The minimum atomic E-state index is -4.52. The lowest BCUT2D eigenvalue weighted by molar-refractivity contribution is -0.138. The van der Waals surface area contributed by atoms with Crippen molar-refractivity contribution in [1.82, 2.24) is 15.5 Å². The van der Waals surface area contributed by atoms with E-state index < -0.39 is 23.7 Å². The van der Waals surface area contributed by atoms with Crippen LogP contribution in [0.15, 0.2) is 59.1 Å². The number of aromatic nitrogens is 2. The summed E-state index contributed by atoms with van der Waals surface area (Å²) in [5.41, 5.74) is -0.0994. The topological polar surface area (TPSA) is 68.0 Å². The Balaban J connectivity index is 1.78. The molecule has 1 heterocycles. The van der Waals surface area contributed by atoms with Crippen LogP contribution in [0.3, 0.4) is 0 Å². The van der Waals surface area contributed by atoms with Gasteiger partial charge in [-0.25, -0.2) is 0 Å². The quantitative estimate of drug-likeness (QED) is 0.691. The average molecular weight is 389 g/mol. The lowest BCUT2D eigenvalue weighted by Gasteiger charge is -2.19. The van der Waals surface area contributed by atoms with Crippen molar-refractivity contribution in [2.24, 2.45) is 0 Å². The number of nitrogens with one attached hydrogen (secondary N) is 1. The predicted molar refractivity (Wildman–Crippen MR) is 95.2 cm³/mol. The molecule has 3 aromatic rings. The van der Waals surface area contributed by atoms with Crippen LogP contribution < -0.4 is 5.32 Å². The van der Waals surface area contributed by atoms with Crippen molar-refractivity contribution >= 4 is 5.91 Å². The summed E-state index contributed by atoms with van der Waals surface area (Å²) in [5.74, 6) is 0.274. The van der Waals surface area contributed by atoms with Crippen molar-refractivity contribution < 1.29 is 22.5 Å². The highest BCUT2D eigenvalue weighted by atomic mass is 19.4. The van der Waals surface area contributed by atoms with Gasteiger partial charge in [0, 0.05) is 0 Å². The summed E-state index contributed by atoms with van der Waals surface area (Å²) in [6.07, 6.45) is -4.67. The number of hydrogen-bond donors (Lipinski definition) is 1. The molecule has 0 fully saturated rings. The van der Waals surface area contributed by atoms with Gasteiger partial charge < -0.3 is 9.84 Å². The first kappa shape index (κ1) is 19.6. The van der Waals surface area contributed by atoms with Crippen LogP contribution in [0, 0.1) is 6.92 Å². The third-order valence-corrected chi connectivity index (χ3v) is 4.16. The van der Waals surface area contributed by atoms with E-state index in [1.54, 1.807) is 6.92 Å². The number of carbonyl (C=O) groups is 1.